The van der Waals surface area contributed by atoms with Gasteiger partial charge in [-0.05, 0) is 104 Å². The Kier molecular flexibility index (Phi) is 5.26. The van der Waals surface area contributed by atoms with Gasteiger partial charge in [0.15, 0.2) is 0 Å². The number of rotatable bonds is 2. The van der Waals surface area contributed by atoms with Crippen LogP contribution >= 0.6 is 27.5 Å². The number of halogens is 2. The van der Waals surface area contributed by atoms with Gasteiger partial charge in [-0.2, -0.15) is 0 Å². The molecule has 4 aliphatic carbocycles. The van der Waals surface area contributed by atoms with Gasteiger partial charge in [0.2, 0.25) is 0 Å². The van der Waals surface area contributed by atoms with Crippen molar-refractivity contribution in [1.29, 1.82) is 0 Å². The van der Waals surface area contributed by atoms with Crippen LogP contribution in [0.25, 0.3) is 0 Å². The maximum absolute atomic E-state index is 12.5. The molecule has 0 aromatic carbocycles. The van der Waals surface area contributed by atoms with Crippen LogP contribution < -0.4 is 0 Å². The van der Waals surface area contributed by atoms with Gasteiger partial charge in [-0.1, -0.05) is 28.8 Å². The van der Waals surface area contributed by atoms with Crippen LogP contribution in [0.1, 0.15) is 64.7 Å². The minimum Gasteiger partial charge on any atom is -0.378 e. The van der Waals surface area contributed by atoms with Gasteiger partial charge >= 0.3 is 0 Å². The normalized spacial score (nSPS) is 50.0. The van der Waals surface area contributed by atoms with Crippen molar-refractivity contribution in [1.82, 2.24) is 0 Å². The fourth-order valence-electron chi connectivity index (χ4n) is 7.70. The Morgan fingerprint density at radius 1 is 1.12 bits per heavy atom. The second-order valence-electron chi connectivity index (χ2n) is 9.70. The molecule has 0 aromatic rings. The quantitative estimate of drug-likeness (QED) is 0.475. The molecule has 0 bridgehead atoms. The molecule has 144 valence electrons. The first-order valence-electron chi connectivity index (χ1n) is 10.4. The van der Waals surface area contributed by atoms with Gasteiger partial charge in [0, 0.05) is 11.3 Å². The highest BCUT2D eigenvalue weighted by Gasteiger charge is 2.58. The predicted octanol–water partition coefficient (Wildman–Crippen LogP) is 5.15. The maximum Gasteiger partial charge on any atom is 0.147 e. The first kappa shape index (κ1) is 19.3. The zero-order valence-corrected chi connectivity index (χ0v) is 18.0. The molecule has 0 unspecified atom stereocenters. The molecule has 4 aliphatic rings. The SMILES string of the molecule is C[C@]12CC[C@H]3[C@@H](CC[C@H]4C[C@@](O)(C#CCl)CC[C@@H]43)[C@@H]1CC[C@@H]2C(=O)CBr. The zero-order chi connectivity index (χ0) is 18.5. The smallest absolute Gasteiger partial charge is 0.147 e. The summed E-state index contributed by atoms with van der Waals surface area (Å²) in [5, 5.41) is 13.7. The van der Waals surface area contributed by atoms with Gasteiger partial charge in [-0.15, -0.1) is 0 Å². The third kappa shape index (κ3) is 2.99. The van der Waals surface area contributed by atoms with E-state index in [2.05, 4.69) is 34.2 Å². The first-order valence-corrected chi connectivity index (χ1v) is 11.9. The van der Waals surface area contributed by atoms with Crippen LogP contribution in [0.5, 0.6) is 0 Å². The monoisotopic (exact) mass is 440 g/mol. The molecule has 1 N–H and O–H groups in total. The molecule has 4 heteroatoms. The summed E-state index contributed by atoms with van der Waals surface area (Å²) in [6.07, 6.45) is 9.93. The highest BCUT2D eigenvalue weighted by atomic mass is 79.9. The summed E-state index contributed by atoms with van der Waals surface area (Å²) < 4.78 is 0. The van der Waals surface area contributed by atoms with Gasteiger partial charge < -0.3 is 5.11 Å². The number of carbonyl (C=O) groups excluding carboxylic acids is 1. The summed E-state index contributed by atoms with van der Waals surface area (Å²) in [6.45, 7) is 2.41. The van der Waals surface area contributed by atoms with Crippen LogP contribution in [0, 0.1) is 52.2 Å². The fraction of sp³-hybridized carbons (Fsp3) is 0.864. The molecular formula is C22H30BrClO2. The second kappa shape index (κ2) is 7.09. The molecule has 2 nitrogen and oxygen atoms in total. The largest absolute Gasteiger partial charge is 0.378 e. The number of carbonyl (C=O) groups is 1. The van der Waals surface area contributed by atoms with E-state index >= 15 is 0 Å². The Hall–Kier alpha value is -0.0400. The average molecular weight is 442 g/mol. The van der Waals surface area contributed by atoms with Gasteiger partial charge in [0.1, 0.15) is 11.4 Å². The standard InChI is InChI=1S/C22H30BrClO2/c1-21-8-6-16-15-7-9-22(26,10-11-24)12-14(15)2-3-17(16)18(21)4-5-19(21)20(25)13-23/h14-19,26H,2-9,12-13H2,1H3/t14-,15-,16+,17+,18-,19+,21-,22-/m0/s1. The number of hydrogen-bond acceptors (Lipinski definition) is 2. The lowest BCUT2D eigenvalue weighted by Gasteiger charge is -2.56. The molecule has 0 aromatic heterocycles. The Bertz CT molecular complexity index is 640. The van der Waals surface area contributed by atoms with Crippen molar-refractivity contribution in [2.75, 3.05) is 5.33 Å². The predicted molar refractivity (Wildman–Crippen MR) is 108 cm³/mol. The van der Waals surface area contributed by atoms with E-state index in [0.717, 1.165) is 49.4 Å². The van der Waals surface area contributed by atoms with Crippen molar-refractivity contribution in [3.8, 4) is 11.3 Å². The number of Topliss-reactive ketones (excluding diaryl/α,β-unsaturated/α-hetero) is 1. The lowest BCUT2D eigenvalue weighted by molar-refractivity contribution is -0.129. The van der Waals surface area contributed by atoms with Crippen molar-refractivity contribution in [3.05, 3.63) is 0 Å². The summed E-state index contributed by atoms with van der Waals surface area (Å²) >= 11 is 9.00. The van der Waals surface area contributed by atoms with Crippen molar-refractivity contribution in [2.24, 2.45) is 40.9 Å². The number of ketones is 1. The van der Waals surface area contributed by atoms with Crippen molar-refractivity contribution >= 4 is 33.3 Å². The summed E-state index contributed by atoms with van der Waals surface area (Å²) in [5.74, 6) is 7.18. The minimum atomic E-state index is -0.861. The van der Waals surface area contributed by atoms with Crippen LogP contribution in [0.2, 0.25) is 0 Å². The van der Waals surface area contributed by atoms with E-state index in [1.165, 1.54) is 32.1 Å². The molecule has 0 heterocycles. The third-order valence-electron chi connectivity index (χ3n) is 8.81. The number of alkyl halides is 1. The number of hydrogen-bond donors (Lipinski definition) is 1. The minimum absolute atomic E-state index is 0.221. The third-order valence-corrected chi connectivity index (χ3v) is 9.46. The molecule has 0 spiro atoms. The van der Waals surface area contributed by atoms with Crippen LogP contribution in [0.3, 0.4) is 0 Å². The van der Waals surface area contributed by atoms with Crippen LogP contribution in [0.4, 0.5) is 0 Å². The van der Waals surface area contributed by atoms with E-state index in [1.54, 1.807) is 0 Å². The maximum atomic E-state index is 12.5. The number of fused-ring (bicyclic) bond motifs is 5. The van der Waals surface area contributed by atoms with Gasteiger partial charge in [-0.3, -0.25) is 4.79 Å². The molecule has 26 heavy (non-hydrogen) atoms. The lowest BCUT2D eigenvalue weighted by Crippen LogP contribution is -2.51. The van der Waals surface area contributed by atoms with E-state index in [4.69, 9.17) is 11.6 Å². The summed E-state index contributed by atoms with van der Waals surface area (Å²) in [6, 6.07) is 0. The average Bonchev–Trinajstić information content (AvgIpc) is 2.98. The molecule has 4 rings (SSSR count). The molecule has 4 saturated carbocycles. The van der Waals surface area contributed by atoms with Crippen molar-refractivity contribution < 1.29 is 9.90 Å². The topological polar surface area (TPSA) is 37.3 Å². The molecule has 4 fully saturated rings. The summed E-state index contributed by atoms with van der Waals surface area (Å²) in [4.78, 5) is 12.5. The highest BCUT2D eigenvalue weighted by molar-refractivity contribution is 9.09. The Labute approximate surface area is 171 Å². The zero-order valence-electron chi connectivity index (χ0n) is 15.6. The van der Waals surface area contributed by atoms with Gasteiger partial charge in [0.05, 0.1) is 5.33 Å². The summed E-state index contributed by atoms with van der Waals surface area (Å²) in [5.41, 5.74) is -0.641. The van der Waals surface area contributed by atoms with Gasteiger partial charge in [0.25, 0.3) is 0 Å². The second-order valence-corrected chi connectivity index (χ2v) is 10.5. The van der Waals surface area contributed by atoms with E-state index < -0.39 is 5.60 Å². The first-order chi connectivity index (χ1) is 12.4. The molecule has 0 saturated heterocycles. The summed E-state index contributed by atoms with van der Waals surface area (Å²) in [7, 11) is 0. The van der Waals surface area contributed by atoms with Crippen LogP contribution in [0.15, 0.2) is 0 Å². The highest BCUT2D eigenvalue weighted by Crippen LogP contribution is 2.64. The molecular weight excluding hydrogens is 412 g/mol. The molecule has 8 atom stereocenters. The van der Waals surface area contributed by atoms with E-state index in [-0.39, 0.29) is 11.3 Å². The van der Waals surface area contributed by atoms with Crippen molar-refractivity contribution in [2.45, 2.75) is 70.3 Å². The molecule has 0 aliphatic heterocycles. The van der Waals surface area contributed by atoms with E-state index in [9.17, 15) is 9.90 Å². The number of aliphatic hydroxyl groups is 1. The van der Waals surface area contributed by atoms with Gasteiger partial charge in [-0.25, -0.2) is 0 Å². The Morgan fingerprint density at radius 2 is 1.88 bits per heavy atom. The Balaban J connectivity index is 1.52. The molecule has 0 amide bonds. The molecule has 0 radical (unpaired) electrons. The fourth-order valence-corrected chi connectivity index (χ4v) is 8.27. The van der Waals surface area contributed by atoms with E-state index in [1.807, 2.05) is 0 Å². The van der Waals surface area contributed by atoms with Crippen LogP contribution in [-0.4, -0.2) is 21.8 Å². The van der Waals surface area contributed by atoms with Crippen LogP contribution in [-0.2, 0) is 4.79 Å². The van der Waals surface area contributed by atoms with E-state index in [0.29, 0.717) is 17.0 Å². The Morgan fingerprint density at radius 3 is 2.62 bits per heavy atom. The van der Waals surface area contributed by atoms with Crippen molar-refractivity contribution in [3.63, 3.8) is 0 Å². The lowest BCUT2D eigenvalue weighted by atomic mass is 9.49.